The second-order valence-electron chi connectivity index (χ2n) is 5.18. The van der Waals surface area contributed by atoms with E-state index in [-0.39, 0.29) is 5.91 Å². The lowest BCUT2D eigenvalue weighted by Crippen LogP contribution is -2.39. The molecule has 1 aromatic carbocycles. The minimum atomic E-state index is 0.0706. The lowest BCUT2D eigenvalue weighted by molar-refractivity contribution is 0.0683. The Morgan fingerprint density at radius 2 is 2.32 bits per heavy atom. The van der Waals surface area contributed by atoms with E-state index in [2.05, 4.69) is 6.92 Å². The highest BCUT2D eigenvalue weighted by Gasteiger charge is 2.22. The van der Waals surface area contributed by atoms with Gasteiger partial charge in [0.1, 0.15) is 5.75 Å². The van der Waals surface area contributed by atoms with Gasteiger partial charge in [-0.25, -0.2) is 0 Å². The molecule has 4 heteroatoms. The molecule has 1 atom stereocenters. The Kier molecular flexibility index (Phi) is 4.30. The van der Waals surface area contributed by atoms with E-state index < -0.39 is 0 Å². The molecule has 19 heavy (non-hydrogen) atoms. The predicted octanol–water partition coefficient (Wildman–Crippen LogP) is 2.54. The van der Waals surface area contributed by atoms with Crippen molar-refractivity contribution in [3.63, 3.8) is 0 Å². The van der Waals surface area contributed by atoms with Gasteiger partial charge in [-0.1, -0.05) is 6.92 Å². The first kappa shape index (κ1) is 13.7. The number of carbonyl (C=O) groups excluding carboxylic acids is 1. The average molecular weight is 262 g/mol. The van der Waals surface area contributed by atoms with Gasteiger partial charge in [0.2, 0.25) is 0 Å². The number of likely N-dealkylation sites (tertiary alicyclic amines) is 1. The van der Waals surface area contributed by atoms with Gasteiger partial charge in [-0.3, -0.25) is 4.79 Å². The second kappa shape index (κ2) is 5.95. The Bertz CT molecular complexity index is 459. The maximum absolute atomic E-state index is 12.4. The summed E-state index contributed by atoms with van der Waals surface area (Å²) in [4.78, 5) is 14.3. The Morgan fingerprint density at radius 1 is 1.53 bits per heavy atom. The molecular weight excluding hydrogens is 240 g/mol. The fraction of sp³-hybridized carbons (Fsp3) is 0.533. The molecule has 0 spiro atoms. The van der Waals surface area contributed by atoms with Crippen LogP contribution in [0.3, 0.4) is 0 Å². The summed E-state index contributed by atoms with van der Waals surface area (Å²) in [6, 6.07) is 5.29. The van der Waals surface area contributed by atoms with Gasteiger partial charge in [-0.15, -0.1) is 0 Å². The summed E-state index contributed by atoms with van der Waals surface area (Å²) in [7, 11) is 0. The van der Waals surface area contributed by atoms with Gasteiger partial charge in [-0.05, 0) is 43.9 Å². The lowest BCUT2D eigenvalue weighted by Gasteiger charge is -2.31. The molecule has 0 aromatic heterocycles. The van der Waals surface area contributed by atoms with Crippen molar-refractivity contribution < 1.29 is 9.53 Å². The van der Waals surface area contributed by atoms with Gasteiger partial charge in [-0.2, -0.15) is 0 Å². The Morgan fingerprint density at radius 3 is 2.95 bits per heavy atom. The van der Waals surface area contributed by atoms with Crippen LogP contribution in [0.2, 0.25) is 0 Å². The average Bonchev–Trinajstić information content (AvgIpc) is 2.40. The smallest absolute Gasteiger partial charge is 0.253 e. The van der Waals surface area contributed by atoms with Gasteiger partial charge in [0.15, 0.2) is 0 Å². The van der Waals surface area contributed by atoms with E-state index in [1.165, 1.54) is 6.42 Å². The number of carbonyl (C=O) groups is 1. The lowest BCUT2D eigenvalue weighted by atomic mass is 9.99. The summed E-state index contributed by atoms with van der Waals surface area (Å²) < 4.78 is 5.38. The van der Waals surface area contributed by atoms with Gasteiger partial charge in [0, 0.05) is 18.7 Å². The molecule has 0 radical (unpaired) electrons. The fourth-order valence-corrected chi connectivity index (χ4v) is 2.52. The molecule has 1 heterocycles. The second-order valence-corrected chi connectivity index (χ2v) is 5.18. The molecule has 1 unspecified atom stereocenters. The molecule has 0 saturated carbocycles. The monoisotopic (exact) mass is 262 g/mol. The third-order valence-electron chi connectivity index (χ3n) is 3.50. The van der Waals surface area contributed by atoms with Crippen molar-refractivity contribution in [2.45, 2.75) is 26.7 Å². The van der Waals surface area contributed by atoms with Crippen molar-refractivity contribution in [2.75, 3.05) is 25.4 Å². The molecule has 2 N–H and O–H groups in total. The number of benzene rings is 1. The first-order valence-corrected chi connectivity index (χ1v) is 6.93. The summed E-state index contributed by atoms with van der Waals surface area (Å²) >= 11 is 0. The highest BCUT2D eigenvalue weighted by molar-refractivity contribution is 5.95. The maximum atomic E-state index is 12.4. The van der Waals surface area contributed by atoms with Crippen molar-refractivity contribution in [3.8, 4) is 5.75 Å². The summed E-state index contributed by atoms with van der Waals surface area (Å²) in [6.45, 7) is 6.35. The molecule has 0 aliphatic carbocycles. The van der Waals surface area contributed by atoms with Crippen molar-refractivity contribution in [3.05, 3.63) is 23.8 Å². The molecule has 1 fully saturated rings. The number of hydrogen-bond acceptors (Lipinski definition) is 3. The minimum absolute atomic E-state index is 0.0706. The zero-order valence-electron chi connectivity index (χ0n) is 11.7. The van der Waals surface area contributed by atoms with E-state index in [0.29, 0.717) is 29.5 Å². The summed E-state index contributed by atoms with van der Waals surface area (Å²) in [5.74, 6) is 1.30. The Balaban J connectivity index is 2.12. The highest BCUT2D eigenvalue weighted by Crippen LogP contribution is 2.24. The molecule has 2 rings (SSSR count). The first-order chi connectivity index (χ1) is 9.11. The molecule has 4 nitrogen and oxygen atoms in total. The quantitative estimate of drug-likeness (QED) is 0.852. The SMILES string of the molecule is CCOc1ccc(C(=O)N2CCCC(C)C2)cc1N. The standard InChI is InChI=1S/C15H22N2O2/c1-3-19-14-7-6-12(9-13(14)16)15(18)17-8-4-5-11(2)10-17/h6-7,9,11H,3-5,8,10,16H2,1-2H3. The molecule has 1 aromatic rings. The van der Waals surface area contributed by atoms with E-state index in [0.717, 1.165) is 19.5 Å². The largest absolute Gasteiger partial charge is 0.492 e. The summed E-state index contributed by atoms with van der Waals surface area (Å²) in [5.41, 5.74) is 7.08. The van der Waals surface area contributed by atoms with E-state index >= 15 is 0 Å². The van der Waals surface area contributed by atoms with Crippen molar-refractivity contribution in [1.29, 1.82) is 0 Å². The number of nitrogens with two attached hydrogens (primary N) is 1. The third-order valence-corrected chi connectivity index (χ3v) is 3.50. The molecule has 1 aliphatic rings. The highest BCUT2D eigenvalue weighted by atomic mass is 16.5. The van der Waals surface area contributed by atoms with Crippen LogP contribution < -0.4 is 10.5 Å². The zero-order chi connectivity index (χ0) is 13.8. The van der Waals surface area contributed by atoms with Crippen LogP contribution in [0.25, 0.3) is 0 Å². The van der Waals surface area contributed by atoms with E-state index in [9.17, 15) is 4.79 Å². The zero-order valence-corrected chi connectivity index (χ0v) is 11.7. The number of amides is 1. The minimum Gasteiger partial charge on any atom is -0.492 e. The predicted molar refractivity (Wildman–Crippen MR) is 76.3 cm³/mol. The Labute approximate surface area is 114 Å². The molecule has 1 saturated heterocycles. The van der Waals surface area contributed by atoms with Crippen LogP contribution >= 0.6 is 0 Å². The van der Waals surface area contributed by atoms with Gasteiger partial charge >= 0.3 is 0 Å². The van der Waals surface area contributed by atoms with Gasteiger partial charge in [0.25, 0.3) is 5.91 Å². The number of nitrogen functional groups attached to an aromatic ring is 1. The van der Waals surface area contributed by atoms with E-state index in [4.69, 9.17) is 10.5 Å². The van der Waals surface area contributed by atoms with Crippen LogP contribution in [0.5, 0.6) is 5.75 Å². The van der Waals surface area contributed by atoms with Gasteiger partial charge in [0.05, 0.1) is 12.3 Å². The number of nitrogens with zero attached hydrogens (tertiary/aromatic N) is 1. The number of rotatable bonds is 3. The van der Waals surface area contributed by atoms with Crippen LogP contribution in [0.15, 0.2) is 18.2 Å². The molecule has 1 aliphatic heterocycles. The molecule has 0 bridgehead atoms. The van der Waals surface area contributed by atoms with Crippen molar-refractivity contribution in [1.82, 2.24) is 4.90 Å². The summed E-state index contributed by atoms with van der Waals surface area (Å²) in [6.07, 6.45) is 2.29. The molecule has 104 valence electrons. The number of piperidine rings is 1. The number of hydrogen-bond donors (Lipinski definition) is 1. The molecular formula is C15H22N2O2. The van der Waals surface area contributed by atoms with E-state index in [1.54, 1.807) is 18.2 Å². The van der Waals surface area contributed by atoms with Crippen LogP contribution in [0.4, 0.5) is 5.69 Å². The normalized spacial score (nSPS) is 19.3. The third kappa shape index (κ3) is 3.19. The van der Waals surface area contributed by atoms with E-state index in [1.807, 2.05) is 11.8 Å². The maximum Gasteiger partial charge on any atom is 0.253 e. The van der Waals surface area contributed by atoms with Crippen molar-refractivity contribution >= 4 is 11.6 Å². The fourth-order valence-electron chi connectivity index (χ4n) is 2.52. The number of ether oxygens (including phenoxy) is 1. The van der Waals surface area contributed by atoms with Crippen LogP contribution in [-0.2, 0) is 0 Å². The Hall–Kier alpha value is -1.71. The van der Waals surface area contributed by atoms with Crippen molar-refractivity contribution in [2.24, 2.45) is 5.92 Å². The summed E-state index contributed by atoms with van der Waals surface area (Å²) in [5, 5.41) is 0. The topological polar surface area (TPSA) is 55.6 Å². The first-order valence-electron chi connectivity index (χ1n) is 6.93. The van der Waals surface area contributed by atoms with Crippen LogP contribution in [-0.4, -0.2) is 30.5 Å². The van der Waals surface area contributed by atoms with Crippen LogP contribution in [0.1, 0.15) is 37.0 Å². The van der Waals surface area contributed by atoms with Gasteiger partial charge < -0.3 is 15.4 Å². The number of anilines is 1. The molecule has 1 amide bonds. The van der Waals surface area contributed by atoms with Crippen LogP contribution in [0, 0.1) is 5.92 Å².